The van der Waals surface area contributed by atoms with Crippen molar-refractivity contribution in [1.82, 2.24) is 0 Å². The number of carbonyl (C=O) groups is 2. The third-order valence-electron chi connectivity index (χ3n) is 5.02. The second kappa shape index (κ2) is 5.69. The summed E-state index contributed by atoms with van der Waals surface area (Å²) >= 11 is 0. The molecule has 2 bridgehead atoms. The molecule has 4 rings (SSSR count). The Balaban J connectivity index is 1.91. The maximum absolute atomic E-state index is 12.9. The molecule has 4 aliphatic carbocycles. The average molecular weight is 365 g/mol. The minimum Gasteiger partial charge on any atom is -0.520 e. The van der Waals surface area contributed by atoms with Crippen LogP contribution in [0.3, 0.4) is 0 Å². The predicted molar refractivity (Wildman–Crippen MR) is 98.1 cm³/mol. The number of hydrogen-bond donors (Lipinski definition) is 0. The smallest absolute Gasteiger partial charge is 0.297 e. The lowest BCUT2D eigenvalue weighted by Gasteiger charge is -2.54. The van der Waals surface area contributed by atoms with Crippen LogP contribution in [0.5, 0.6) is 0 Å². The lowest BCUT2D eigenvalue weighted by atomic mass is 9.50. The van der Waals surface area contributed by atoms with E-state index in [1.807, 2.05) is 39.3 Å². The molecule has 132 valence electrons. The highest BCUT2D eigenvalue weighted by molar-refractivity contribution is 6.71. The van der Waals surface area contributed by atoms with Gasteiger partial charge < -0.3 is 8.85 Å². The fourth-order valence-corrected chi connectivity index (χ4v) is 5.67. The van der Waals surface area contributed by atoms with E-state index >= 15 is 0 Å². The molecule has 0 aromatic rings. The minimum absolute atomic E-state index is 0.0630. The van der Waals surface area contributed by atoms with E-state index in [0.29, 0.717) is 11.8 Å². The first-order valence-electron chi connectivity index (χ1n) is 8.80. The van der Waals surface area contributed by atoms with Gasteiger partial charge in [-0.25, -0.2) is 0 Å². The van der Waals surface area contributed by atoms with Crippen molar-refractivity contribution < 1.29 is 18.4 Å². The molecule has 1 fully saturated rings. The van der Waals surface area contributed by atoms with Crippen LogP contribution in [0.25, 0.3) is 0 Å². The lowest BCUT2D eigenvalue weighted by molar-refractivity contribution is -0.161. The van der Waals surface area contributed by atoms with Gasteiger partial charge in [0.15, 0.2) is 0 Å². The largest absolute Gasteiger partial charge is 0.520 e. The van der Waals surface area contributed by atoms with Gasteiger partial charge in [-0.05, 0) is 63.0 Å². The van der Waals surface area contributed by atoms with Crippen molar-refractivity contribution in [3.63, 3.8) is 0 Å². The molecule has 0 N–H and O–H groups in total. The zero-order valence-corrected chi connectivity index (χ0v) is 17.4. The maximum atomic E-state index is 12.9. The Morgan fingerprint density at radius 1 is 0.625 bits per heavy atom. The van der Waals surface area contributed by atoms with Gasteiger partial charge in [0, 0.05) is 0 Å². The number of rotatable bonds is 4. The topological polar surface area (TPSA) is 52.6 Å². The molecule has 0 spiro atoms. The van der Waals surface area contributed by atoms with Crippen LogP contribution in [0.1, 0.15) is 0 Å². The van der Waals surface area contributed by atoms with Crippen LogP contribution >= 0.6 is 0 Å². The van der Waals surface area contributed by atoms with Gasteiger partial charge in [-0.3, -0.25) is 9.59 Å². The summed E-state index contributed by atoms with van der Waals surface area (Å²) < 4.78 is 11.6. The van der Waals surface area contributed by atoms with E-state index in [9.17, 15) is 9.59 Å². The average Bonchev–Trinajstić information content (AvgIpc) is 2.32. The van der Waals surface area contributed by atoms with E-state index in [2.05, 4.69) is 24.3 Å². The summed E-state index contributed by atoms with van der Waals surface area (Å²) in [6.45, 7) is 12.0. The van der Waals surface area contributed by atoms with Gasteiger partial charge in [0.25, 0.3) is 11.9 Å². The summed E-state index contributed by atoms with van der Waals surface area (Å²) in [6, 6.07) is 0. The van der Waals surface area contributed by atoms with Crippen LogP contribution in [0, 0.1) is 35.5 Å². The summed E-state index contributed by atoms with van der Waals surface area (Å²) in [7, 11) is -4.00. The predicted octanol–water partition coefficient (Wildman–Crippen LogP) is 3.59. The highest BCUT2D eigenvalue weighted by Gasteiger charge is 2.58. The molecule has 0 saturated heterocycles. The van der Waals surface area contributed by atoms with E-state index in [1.54, 1.807) is 0 Å². The molecule has 0 radical (unpaired) electrons. The van der Waals surface area contributed by atoms with Gasteiger partial charge in [0.05, 0.1) is 11.8 Å². The maximum Gasteiger partial charge on any atom is 0.297 e. The summed E-state index contributed by atoms with van der Waals surface area (Å²) in [4.78, 5) is 25.8. The van der Waals surface area contributed by atoms with Crippen molar-refractivity contribution in [2.24, 2.45) is 35.5 Å². The third-order valence-corrected chi connectivity index (χ3v) is 6.65. The first kappa shape index (κ1) is 17.7. The number of fused-ring (bicyclic) bond motifs is 1. The van der Waals surface area contributed by atoms with Gasteiger partial charge >= 0.3 is 0 Å². The first-order valence-corrected chi connectivity index (χ1v) is 15.6. The molecule has 0 amide bonds. The van der Waals surface area contributed by atoms with Crippen LogP contribution in [0.15, 0.2) is 24.3 Å². The van der Waals surface area contributed by atoms with E-state index in [1.165, 1.54) is 0 Å². The van der Waals surface area contributed by atoms with E-state index < -0.39 is 28.5 Å². The molecule has 1 saturated carbocycles. The summed E-state index contributed by atoms with van der Waals surface area (Å²) in [6.07, 6.45) is 8.62. The van der Waals surface area contributed by atoms with Crippen LogP contribution < -0.4 is 0 Å². The van der Waals surface area contributed by atoms with E-state index in [0.717, 1.165) is 0 Å². The normalized spacial score (nSPS) is 36.8. The standard InChI is InChI=1S/C18H28O4Si2/c1-23(2,3)21-17(19)15-13-9-10-14(12-8-7-11(12)13)16(15)18(20)22-24(4,5)6/h7-16H,1-6H3/t11-,12+,13-,14-,15+,16-/m0/s1. The fourth-order valence-electron chi connectivity index (χ4n) is 4.19. The SMILES string of the molecule is C[Si](C)(C)OC(=O)[C@@H]1[C@H]2C=C[C@@H]([C@@H]3C=C[C@@H]32)[C@@H]1C(=O)O[Si](C)(C)C. The summed E-state index contributed by atoms with van der Waals surface area (Å²) in [5.41, 5.74) is 0. The van der Waals surface area contributed by atoms with Crippen LogP contribution in [0.2, 0.25) is 39.3 Å². The minimum atomic E-state index is -2.00. The van der Waals surface area contributed by atoms with Crippen molar-refractivity contribution in [2.75, 3.05) is 0 Å². The molecular weight excluding hydrogens is 336 g/mol. The Kier molecular flexibility index (Phi) is 4.19. The van der Waals surface area contributed by atoms with Gasteiger partial charge in [-0.1, -0.05) is 24.3 Å². The van der Waals surface area contributed by atoms with Crippen molar-refractivity contribution in [2.45, 2.75) is 39.3 Å². The quantitative estimate of drug-likeness (QED) is 0.565. The molecule has 6 atom stereocenters. The van der Waals surface area contributed by atoms with Crippen molar-refractivity contribution in [1.29, 1.82) is 0 Å². The number of hydrogen-bond acceptors (Lipinski definition) is 4. The Morgan fingerprint density at radius 2 is 0.917 bits per heavy atom. The monoisotopic (exact) mass is 364 g/mol. The third kappa shape index (κ3) is 3.18. The van der Waals surface area contributed by atoms with Crippen molar-refractivity contribution >= 4 is 28.6 Å². The van der Waals surface area contributed by atoms with E-state index in [4.69, 9.17) is 8.85 Å². The van der Waals surface area contributed by atoms with Crippen LogP contribution in [0.4, 0.5) is 0 Å². The van der Waals surface area contributed by atoms with Gasteiger partial charge in [-0.2, -0.15) is 0 Å². The van der Waals surface area contributed by atoms with Crippen molar-refractivity contribution in [3.8, 4) is 0 Å². The molecule has 4 aliphatic rings. The fraction of sp³-hybridized carbons (Fsp3) is 0.667. The molecular formula is C18H28O4Si2. The molecule has 0 aromatic heterocycles. The molecule has 0 unspecified atom stereocenters. The number of carbonyl (C=O) groups excluding carboxylic acids is 2. The van der Waals surface area contributed by atoms with Crippen LogP contribution in [-0.2, 0) is 18.4 Å². The van der Waals surface area contributed by atoms with Gasteiger partial charge in [-0.15, -0.1) is 0 Å². The summed E-state index contributed by atoms with van der Waals surface area (Å²) in [5, 5.41) is 0. The Hall–Kier alpha value is -1.15. The molecule has 6 heteroatoms. The Bertz CT molecular complexity index is 559. The number of allylic oxidation sites excluding steroid dienone is 4. The first-order chi connectivity index (χ1) is 11.0. The van der Waals surface area contributed by atoms with E-state index in [-0.39, 0.29) is 23.8 Å². The lowest BCUT2D eigenvalue weighted by Crippen LogP contribution is -2.57. The molecule has 24 heavy (non-hydrogen) atoms. The van der Waals surface area contributed by atoms with Crippen molar-refractivity contribution in [3.05, 3.63) is 24.3 Å². The molecule has 4 nitrogen and oxygen atoms in total. The van der Waals surface area contributed by atoms with Crippen LogP contribution in [-0.4, -0.2) is 28.6 Å². The highest BCUT2D eigenvalue weighted by Crippen LogP contribution is 2.56. The Labute approximate surface area is 146 Å². The molecule has 0 aromatic carbocycles. The zero-order valence-electron chi connectivity index (χ0n) is 15.4. The molecule has 0 heterocycles. The van der Waals surface area contributed by atoms with Gasteiger partial charge in [0.1, 0.15) is 0 Å². The highest BCUT2D eigenvalue weighted by atomic mass is 28.4. The zero-order chi connectivity index (χ0) is 17.9. The molecule has 0 aliphatic heterocycles. The Morgan fingerprint density at radius 3 is 1.17 bits per heavy atom. The second-order valence-electron chi connectivity index (χ2n) is 9.20. The second-order valence-corrected chi connectivity index (χ2v) is 18.1. The summed E-state index contributed by atoms with van der Waals surface area (Å²) in [5.74, 6) is -0.343. The van der Waals surface area contributed by atoms with Gasteiger partial charge in [0.2, 0.25) is 16.6 Å².